The van der Waals surface area contributed by atoms with Gasteiger partial charge in [-0.05, 0) is 24.6 Å². The summed E-state index contributed by atoms with van der Waals surface area (Å²) in [5.74, 6) is -1.38. The molecule has 2 heterocycles. The maximum atomic E-state index is 12.5. The van der Waals surface area contributed by atoms with Crippen molar-refractivity contribution in [3.63, 3.8) is 0 Å². The monoisotopic (exact) mass is 367 g/mol. The minimum Gasteiger partial charge on any atom is -0.478 e. The molecule has 0 aliphatic carbocycles. The lowest BCUT2D eigenvalue weighted by Crippen LogP contribution is -2.51. The van der Waals surface area contributed by atoms with Gasteiger partial charge in [0.05, 0.1) is 12.0 Å². The number of aryl methyl sites for hydroxylation is 1. The van der Waals surface area contributed by atoms with E-state index < -0.39 is 5.97 Å². The van der Waals surface area contributed by atoms with Crippen LogP contribution in [0.4, 0.5) is 0 Å². The van der Waals surface area contributed by atoms with Crippen molar-refractivity contribution in [1.82, 2.24) is 14.8 Å². The lowest BCUT2D eigenvalue weighted by Gasteiger charge is -2.34. The van der Waals surface area contributed by atoms with Crippen LogP contribution in [-0.2, 0) is 11.2 Å². The van der Waals surface area contributed by atoms with Gasteiger partial charge in [0.2, 0.25) is 5.91 Å². The summed E-state index contributed by atoms with van der Waals surface area (Å²) < 4.78 is 0. The van der Waals surface area contributed by atoms with Gasteiger partial charge in [-0.1, -0.05) is 29.8 Å². The molecule has 1 aliphatic rings. The second kappa shape index (κ2) is 7.99. The Morgan fingerprint density at radius 3 is 2.26 bits per heavy atom. The zero-order valence-electron chi connectivity index (χ0n) is 15.1. The number of hydrogen-bond acceptors (Lipinski definition) is 4. The Morgan fingerprint density at radius 2 is 1.63 bits per heavy atom. The van der Waals surface area contributed by atoms with E-state index in [1.54, 1.807) is 9.80 Å². The summed E-state index contributed by atoms with van der Waals surface area (Å²) in [7, 11) is 0. The van der Waals surface area contributed by atoms with Gasteiger partial charge in [-0.2, -0.15) is 0 Å². The van der Waals surface area contributed by atoms with E-state index in [0.717, 1.165) is 11.1 Å². The first kappa shape index (κ1) is 18.6. The molecule has 1 aliphatic heterocycles. The van der Waals surface area contributed by atoms with Gasteiger partial charge >= 0.3 is 5.97 Å². The minimum absolute atomic E-state index is 0.0280. The number of carbonyl (C=O) groups is 3. The summed E-state index contributed by atoms with van der Waals surface area (Å²) in [6.45, 7) is 3.71. The average Bonchev–Trinajstić information content (AvgIpc) is 2.69. The molecule has 3 rings (SSSR count). The molecule has 0 radical (unpaired) electrons. The molecule has 0 unspecified atom stereocenters. The van der Waals surface area contributed by atoms with E-state index in [0.29, 0.717) is 32.6 Å². The van der Waals surface area contributed by atoms with E-state index >= 15 is 0 Å². The number of carboxylic acids is 1. The number of nitrogens with zero attached hydrogens (tertiary/aromatic N) is 3. The molecule has 7 heteroatoms. The number of aromatic carboxylic acids is 1. The highest BCUT2D eigenvalue weighted by molar-refractivity contribution is 5.96. The quantitative estimate of drug-likeness (QED) is 0.887. The lowest BCUT2D eigenvalue weighted by molar-refractivity contribution is -0.131. The molecule has 7 nitrogen and oxygen atoms in total. The summed E-state index contributed by atoms with van der Waals surface area (Å²) in [5, 5.41) is 9.04. The normalized spacial score (nSPS) is 14.1. The van der Waals surface area contributed by atoms with Crippen LogP contribution in [0.1, 0.15) is 32.0 Å². The van der Waals surface area contributed by atoms with Crippen LogP contribution in [0.3, 0.4) is 0 Å². The highest BCUT2D eigenvalue weighted by Gasteiger charge is 2.25. The van der Waals surface area contributed by atoms with Gasteiger partial charge in [-0.3, -0.25) is 14.6 Å². The summed E-state index contributed by atoms with van der Waals surface area (Å²) in [6.07, 6.45) is 1.66. The molecule has 0 bridgehead atoms. The van der Waals surface area contributed by atoms with Gasteiger partial charge < -0.3 is 14.9 Å². The van der Waals surface area contributed by atoms with E-state index in [1.807, 2.05) is 31.2 Å². The first-order valence-electron chi connectivity index (χ1n) is 8.76. The molecule has 1 saturated heterocycles. The highest BCUT2D eigenvalue weighted by atomic mass is 16.4. The molecule has 2 amide bonds. The van der Waals surface area contributed by atoms with Crippen molar-refractivity contribution in [1.29, 1.82) is 0 Å². The zero-order valence-corrected chi connectivity index (χ0v) is 15.1. The molecule has 140 valence electrons. The SMILES string of the molecule is Cc1ccc(CC(=O)N2CCN(C(=O)c3cc(C(=O)O)ccn3)CC2)cc1. The van der Waals surface area contributed by atoms with Crippen LogP contribution in [0.5, 0.6) is 0 Å². The van der Waals surface area contributed by atoms with E-state index in [4.69, 9.17) is 5.11 Å². The number of benzene rings is 1. The number of pyridine rings is 1. The van der Waals surface area contributed by atoms with E-state index in [9.17, 15) is 14.4 Å². The standard InChI is InChI=1S/C20H21N3O4/c1-14-2-4-15(5-3-14)12-18(24)22-8-10-23(11-9-22)19(25)17-13-16(20(26)27)6-7-21-17/h2-7,13H,8-12H2,1H3,(H,26,27). The molecule has 0 atom stereocenters. The average molecular weight is 367 g/mol. The Bertz CT molecular complexity index is 856. The van der Waals surface area contributed by atoms with Gasteiger partial charge in [0.15, 0.2) is 0 Å². The largest absolute Gasteiger partial charge is 0.478 e. The molecule has 27 heavy (non-hydrogen) atoms. The second-order valence-corrected chi connectivity index (χ2v) is 6.57. The third kappa shape index (κ3) is 4.49. The number of amides is 2. The molecule has 1 aromatic heterocycles. The molecule has 1 aromatic carbocycles. The Labute approximate surface area is 157 Å². The van der Waals surface area contributed by atoms with Crippen molar-refractivity contribution in [2.24, 2.45) is 0 Å². The Kier molecular flexibility index (Phi) is 5.49. The maximum Gasteiger partial charge on any atom is 0.335 e. The van der Waals surface area contributed by atoms with Crippen molar-refractivity contribution in [3.05, 3.63) is 65.0 Å². The van der Waals surface area contributed by atoms with Crippen LogP contribution in [0.25, 0.3) is 0 Å². The van der Waals surface area contributed by atoms with E-state index in [2.05, 4.69) is 4.98 Å². The molecule has 1 N–H and O–H groups in total. The number of carboxylic acid groups (broad SMARTS) is 1. The van der Waals surface area contributed by atoms with E-state index in [1.165, 1.54) is 18.3 Å². The molecule has 0 saturated carbocycles. The maximum absolute atomic E-state index is 12.5. The third-order valence-electron chi connectivity index (χ3n) is 4.62. The molecule has 1 fully saturated rings. The summed E-state index contributed by atoms with van der Waals surface area (Å²) in [4.78, 5) is 43.4. The van der Waals surface area contributed by atoms with Crippen molar-refractivity contribution in [2.45, 2.75) is 13.3 Å². The fourth-order valence-electron chi connectivity index (χ4n) is 2.99. The number of piperazine rings is 1. The molecule has 2 aromatic rings. The molecular weight excluding hydrogens is 346 g/mol. The Balaban J connectivity index is 1.57. The summed E-state index contributed by atoms with van der Waals surface area (Å²) >= 11 is 0. The van der Waals surface area contributed by atoms with Crippen LogP contribution in [-0.4, -0.2) is 63.9 Å². The number of aromatic nitrogens is 1. The van der Waals surface area contributed by atoms with Gasteiger partial charge in [0.25, 0.3) is 5.91 Å². The molecule has 0 spiro atoms. The second-order valence-electron chi connectivity index (χ2n) is 6.57. The smallest absolute Gasteiger partial charge is 0.335 e. The fourth-order valence-corrected chi connectivity index (χ4v) is 2.99. The highest BCUT2D eigenvalue weighted by Crippen LogP contribution is 2.11. The first-order chi connectivity index (χ1) is 12.9. The third-order valence-corrected chi connectivity index (χ3v) is 4.62. The zero-order chi connectivity index (χ0) is 19.4. The molecular formula is C20H21N3O4. The van der Waals surface area contributed by atoms with Crippen LogP contribution in [0.2, 0.25) is 0 Å². The lowest BCUT2D eigenvalue weighted by atomic mass is 10.1. The number of carbonyl (C=O) groups excluding carboxylic acids is 2. The fraction of sp³-hybridized carbons (Fsp3) is 0.300. The number of rotatable bonds is 4. The van der Waals surface area contributed by atoms with Crippen molar-refractivity contribution >= 4 is 17.8 Å². The predicted octanol–water partition coefficient (Wildman–Crippen LogP) is 1.62. The topological polar surface area (TPSA) is 90.8 Å². The van der Waals surface area contributed by atoms with Crippen LogP contribution in [0.15, 0.2) is 42.6 Å². The predicted molar refractivity (Wildman–Crippen MR) is 98.6 cm³/mol. The minimum atomic E-state index is -1.10. The van der Waals surface area contributed by atoms with Crippen LogP contribution < -0.4 is 0 Å². The Morgan fingerprint density at radius 1 is 1.00 bits per heavy atom. The van der Waals surface area contributed by atoms with Crippen molar-refractivity contribution < 1.29 is 19.5 Å². The first-order valence-corrected chi connectivity index (χ1v) is 8.76. The van der Waals surface area contributed by atoms with Gasteiger partial charge in [0, 0.05) is 32.4 Å². The van der Waals surface area contributed by atoms with Crippen molar-refractivity contribution in [3.8, 4) is 0 Å². The summed E-state index contributed by atoms with van der Waals surface area (Å²) in [5.41, 5.74) is 2.26. The summed E-state index contributed by atoms with van der Waals surface area (Å²) in [6, 6.07) is 10.5. The number of hydrogen-bond donors (Lipinski definition) is 1. The Hall–Kier alpha value is -3.22. The van der Waals surface area contributed by atoms with Gasteiger partial charge in [-0.25, -0.2) is 4.79 Å². The van der Waals surface area contributed by atoms with Crippen molar-refractivity contribution in [2.75, 3.05) is 26.2 Å². The van der Waals surface area contributed by atoms with Gasteiger partial charge in [-0.15, -0.1) is 0 Å². The van der Waals surface area contributed by atoms with Crippen LogP contribution in [0, 0.1) is 6.92 Å². The van der Waals surface area contributed by atoms with Crippen LogP contribution >= 0.6 is 0 Å². The van der Waals surface area contributed by atoms with E-state index in [-0.39, 0.29) is 23.1 Å². The van der Waals surface area contributed by atoms with Gasteiger partial charge in [0.1, 0.15) is 5.69 Å².